The van der Waals surface area contributed by atoms with Crippen LogP contribution >= 0.6 is 11.6 Å². The molecule has 0 bridgehead atoms. The number of benzene rings is 2. The molecule has 22 heavy (non-hydrogen) atoms. The third-order valence-electron chi connectivity index (χ3n) is 3.39. The maximum Gasteiger partial charge on any atom is 0.410 e. The van der Waals surface area contributed by atoms with Crippen LogP contribution in [-0.4, -0.2) is 29.8 Å². The van der Waals surface area contributed by atoms with E-state index in [1.54, 1.807) is 31.3 Å². The largest absolute Gasteiger partial charge is 0.445 e. The third-order valence-corrected chi connectivity index (χ3v) is 3.64. The van der Waals surface area contributed by atoms with Crippen LogP contribution < -0.4 is 0 Å². The van der Waals surface area contributed by atoms with Gasteiger partial charge in [-0.2, -0.15) is 0 Å². The number of aliphatic hydroxyl groups excluding tert-OH is 1. The summed E-state index contributed by atoms with van der Waals surface area (Å²) in [5.74, 6) is 0. The Morgan fingerprint density at radius 1 is 1.18 bits per heavy atom. The summed E-state index contributed by atoms with van der Waals surface area (Å²) in [6.45, 7) is 0.00134. The molecule has 1 N–H and O–H groups in total. The van der Waals surface area contributed by atoms with E-state index in [0.29, 0.717) is 5.02 Å². The highest BCUT2D eigenvalue weighted by atomic mass is 35.5. The van der Waals surface area contributed by atoms with Crippen molar-refractivity contribution < 1.29 is 14.6 Å². The number of rotatable bonds is 5. The number of carbonyl (C=O) groups is 1. The smallest absolute Gasteiger partial charge is 0.410 e. The van der Waals surface area contributed by atoms with Crippen LogP contribution in [0.4, 0.5) is 4.79 Å². The normalized spacial score (nSPS) is 11.8. The van der Waals surface area contributed by atoms with Crippen molar-refractivity contribution in [2.24, 2.45) is 0 Å². The van der Waals surface area contributed by atoms with Gasteiger partial charge in [-0.1, -0.05) is 54.1 Å². The van der Waals surface area contributed by atoms with Gasteiger partial charge in [0.1, 0.15) is 6.61 Å². The number of nitrogens with zero attached hydrogens (tertiary/aromatic N) is 1. The van der Waals surface area contributed by atoms with Crippen LogP contribution in [0.1, 0.15) is 17.2 Å². The average molecular weight is 320 g/mol. The minimum atomic E-state index is -0.488. The number of halogens is 1. The van der Waals surface area contributed by atoms with Crippen molar-refractivity contribution in [3.05, 3.63) is 70.7 Å². The SMILES string of the molecule is CN(C(=O)OCc1ccccc1)C(CO)c1ccc(Cl)cc1. The summed E-state index contributed by atoms with van der Waals surface area (Å²) in [6, 6.07) is 16.0. The number of carbonyl (C=O) groups excluding carboxylic acids is 1. The summed E-state index contributed by atoms with van der Waals surface area (Å²) >= 11 is 5.85. The Labute approximate surface area is 134 Å². The minimum Gasteiger partial charge on any atom is -0.445 e. The summed E-state index contributed by atoms with van der Waals surface area (Å²) in [4.78, 5) is 13.5. The Kier molecular flexibility index (Phi) is 5.81. The van der Waals surface area contributed by atoms with Gasteiger partial charge in [0.15, 0.2) is 0 Å². The second kappa shape index (κ2) is 7.82. The van der Waals surface area contributed by atoms with Gasteiger partial charge in [-0.25, -0.2) is 4.79 Å². The van der Waals surface area contributed by atoms with E-state index in [2.05, 4.69) is 0 Å². The van der Waals surface area contributed by atoms with E-state index >= 15 is 0 Å². The molecule has 0 radical (unpaired) electrons. The number of aliphatic hydroxyl groups is 1. The predicted molar refractivity (Wildman–Crippen MR) is 85.7 cm³/mol. The van der Waals surface area contributed by atoms with E-state index in [-0.39, 0.29) is 13.2 Å². The molecule has 2 rings (SSSR count). The van der Waals surface area contributed by atoms with Gasteiger partial charge in [0.25, 0.3) is 0 Å². The zero-order valence-corrected chi connectivity index (χ0v) is 13.0. The Hall–Kier alpha value is -2.04. The van der Waals surface area contributed by atoms with E-state index in [1.165, 1.54) is 4.90 Å². The number of amides is 1. The monoisotopic (exact) mass is 319 g/mol. The van der Waals surface area contributed by atoms with Gasteiger partial charge in [-0.05, 0) is 23.3 Å². The first-order valence-corrected chi connectivity index (χ1v) is 7.29. The molecule has 1 unspecified atom stereocenters. The standard InChI is InChI=1S/C17H18ClNO3/c1-19(16(11-20)14-7-9-15(18)10-8-14)17(21)22-12-13-5-3-2-4-6-13/h2-10,16,20H,11-12H2,1H3. The van der Waals surface area contributed by atoms with Gasteiger partial charge >= 0.3 is 6.09 Å². The molecule has 1 amide bonds. The second-order valence-corrected chi connectivity index (χ2v) is 5.34. The summed E-state index contributed by atoms with van der Waals surface area (Å²) < 4.78 is 5.27. The lowest BCUT2D eigenvalue weighted by atomic mass is 10.1. The Morgan fingerprint density at radius 3 is 2.41 bits per heavy atom. The first-order valence-electron chi connectivity index (χ1n) is 6.91. The predicted octanol–water partition coefficient (Wildman–Crippen LogP) is 3.64. The van der Waals surface area contributed by atoms with Crippen molar-refractivity contribution in [2.45, 2.75) is 12.6 Å². The Morgan fingerprint density at radius 2 is 1.82 bits per heavy atom. The van der Waals surface area contributed by atoms with Crippen molar-refractivity contribution in [2.75, 3.05) is 13.7 Å². The van der Waals surface area contributed by atoms with Gasteiger partial charge in [0, 0.05) is 12.1 Å². The third kappa shape index (κ3) is 4.23. The van der Waals surface area contributed by atoms with Crippen LogP contribution in [-0.2, 0) is 11.3 Å². The van der Waals surface area contributed by atoms with Crippen LogP contribution in [0, 0.1) is 0 Å². The summed E-state index contributed by atoms with van der Waals surface area (Å²) in [5.41, 5.74) is 1.71. The Bertz CT molecular complexity index is 601. The van der Waals surface area contributed by atoms with Crippen LogP contribution in [0.2, 0.25) is 5.02 Å². The molecule has 0 aliphatic heterocycles. The minimum absolute atomic E-state index is 0.196. The second-order valence-electron chi connectivity index (χ2n) is 4.90. The van der Waals surface area contributed by atoms with Gasteiger partial charge < -0.3 is 14.7 Å². The first-order chi connectivity index (χ1) is 10.6. The van der Waals surface area contributed by atoms with E-state index in [9.17, 15) is 9.90 Å². The van der Waals surface area contributed by atoms with E-state index in [1.807, 2.05) is 30.3 Å². The van der Waals surface area contributed by atoms with Crippen LogP contribution in [0.15, 0.2) is 54.6 Å². The lowest BCUT2D eigenvalue weighted by Crippen LogP contribution is -2.33. The molecule has 2 aromatic carbocycles. The fourth-order valence-electron chi connectivity index (χ4n) is 2.08. The van der Waals surface area contributed by atoms with Gasteiger partial charge in [-0.15, -0.1) is 0 Å². The van der Waals surface area contributed by atoms with Gasteiger partial charge in [0.05, 0.1) is 12.6 Å². The molecule has 2 aromatic rings. The lowest BCUT2D eigenvalue weighted by molar-refractivity contribution is 0.0759. The molecule has 4 nitrogen and oxygen atoms in total. The number of ether oxygens (including phenoxy) is 1. The molecule has 0 aliphatic rings. The molecular weight excluding hydrogens is 302 g/mol. The fourth-order valence-corrected chi connectivity index (χ4v) is 2.21. The van der Waals surface area contributed by atoms with Crippen molar-refractivity contribution in [3.63, 3.8) is 0 Å². The molecule has 116 valence electrons. The van der Waals surface area contributed by atoms with Crippen molar-refractivity contribution >= 4 is 17.7 Å². The average Bonchev–Trinajstić information content (AvgIpc) is 2.56. The van der Waals surface area contributed by atoms with E-state index in [4.69, 9.17) is 16.3 Å². The van der Waals surface area contributed by atoms with Crippen molar-refractivity contribution in [3.8, 4) is 0 Å². The zero-order valence-electron chi connectivity index (χ0n) is 12.3. The van der Waals surface area contributed by atoms with Gasteiger partial charge in [-0.3, -0.25) is 0 Å². The molecular formula is C17H18ClNO3. The summed E-state index contributed by atoms with van der Waals surface area (Å²) in [6.07, 6.45) is -0.488. The Balaban J connectivity index is 1.99. The van der Waals surface area contributed by atoms with Crippen molar-refractivity contribution in [1.29, 1.82) is 0 Å². The van der Waals surface area contributed by atoms with Crippen LogP contribution in [0.5, 0.6) is 0 Å². The van der Waals surface area contributed by atoms with E-state index in [0.717, 1.165) is 11.1 Å². The topological polar surface area (TPSA) is 49.8 Å². The van der Waals surface area contributed by atoms with E-state index < -0.39 is 12.1 Å². The highest BCUT2D eigenvalue weighted by Gasteiger charge is 2.22. The molecule has 1 atom stereocenters. The number of hydrogen-bond donors (Lipinski definition) is 1. The molecule has 0 heterocycles. The first kappa shape index (κ1) is 16.3. The molecule has 5 heteroatoms. The highest BCUT2D eigenvalue weighted by Crippen LogP contribution is 2.21. The zero-order chi connectivity index (χ0) is 15.9. The molecule has 0 saturated carbocycles. The van der Waals surface area contributed by atoms with Crippen LogP contribution in [0.3, 0.4) is 0 Å². The highest BCUT2D eigenvalue weighted by molar-refractivity contribution is 6.30. The number of likely N-dealkylation sites (N-methyl/N-ethyl adjacent to an activating group) is 1. The summed E-state index contributed by atoms with van der Waals surface area (Å²) in [7, 11) is 1.60. The molecule has 0 saturated heterocycles. The molecule has 0 aliphatic carbocycles. The number of hydrogen-bond acceptors (Lipinski definition) is 3. The summed E-state index contributed by atoms with van der Waals surface area (Å²) in [5, 5.41) is 10.2. The molecule has 0 aromatic heterocycles. The maximum atomic E-state index is 12.1. The molecule has 0 fully saturated rings. The fraction of sp³-hybridized carbons (Fsp3) is 0.235. The van der Waals surface area contributed by atoms with Crippen molar-refractivity contribution in [1.82, 2.24) is 4.90 Å². The lowest BCUT2D eigenvalue weighted by Gasteiger charge is -2.26. The van der Waals surface area contributed by atoms with Gasteiger partial charge in [0.2, 0.25) is 0 Å². The maximum absolute atomic E-state index is 12.1. The van der Waals surface area contributed by atoms with Crippen LogP contribution in [0.25, 0.3) is 0 Å². The quantitative estimate of drug-likeness (QED) is 0.915. The molecule has 0 spiro atoms.